The predicted molar refractivity (Wildman–Crippen MR) is 46.2 cm³/mol. The molecule has 12 heavy (non-hydrogen) atoms. The first-order valence-corrected chi connectivity index (χ1v) is 3.65. The highest BCUT2D eigenvalue weighted by Gasteiger charge is 1.88. The van der Waals surface area contributed by atoms with E-state index in [1.54, 1.807) is 12.5 Å². The van der Waals surface area contributed by atoms with Crippen LogP contribution >= 0.6 is 0 Å². The summed E-state index contributed by atoms with van der Waals surface area (Å²) in [5.41, 5.74) is 2.10. The van der Waals surface area contributed by atoms with Gasteiger partial charge in [0.25, 0.3) is 0 Å². The second-order valence-corrected chi connectivity index (χ2v) is 2.44. The van der Waals surface area contributed by atoms with E-state index in [1.807, 2.05) is 30.6 Å². The van der Waals surface area contributed by atoms with Crippen molar-refractivity contribution in [1.29, 1.82) is 0 Å². The van der Waals surface area contributed by atoms with Crippen molar-refractivity contribution in [2.45, 2.75) is 0 Å². The van der Waals surface area contributed by atoms with Crippen molar-refractivity contribution in [3.8, 4) is 0 Å². The number of nitrogens with zero attached hydrogens (tertiary/aromatic N) is 1. The van der Waals surface area contributed by atoms with Gasteiger partial charge in [-0.1, -0.05) is 11.2 Å². The van der Waals surface area contributed by atoms with E-state index >= 15 is 0 Å². The molecule has 2 aromatic rings. The summed E-state index contributed by atoms with van der Waals surface area (Å²) in [6.45, 7) is 0. The van der Waals surface area contributed by atoms with E-state index in [1.165, 1.54) is 0 Å². The van der Waals surface area contributed by atoms with Gasteiger partial charge < -0.3 is 9.51 Å². The van der Waals surface area contributed by atoms with Gasteiger partial charge in [-0.15, -0.1) is 0 Å². The summed E-state index contributed by atoms with van der Waals surface area (Å²) in [7, 11) is 0. The molecule has 0 aliphatic rings. The molecular weight excluding hydrogens is 152 g/mol. The third-order valence-electron chi connectivity index (χ3n) is 1.54. The molecule has 2 aromatic heterocycles. The van der Waals surface area contributed by atoms with Gasteiger partial charge in [-0.05, 0) is 17.7 Å². The van der Waals surface area contributed by atoms with Crippen LogP contribution in [0.15, 0.2) is 35.4 Å². The largest absolute Gasteiger partial charge is 0.367 e. The van der Waals surface area contributed by atoms with Crippen LogP contribution in [0, 0.1) is 0 Å². The Kier molecular flexibility index (Phi) is 1.78. The maximum absolute atomic E-state index is 4.68. The summed E-state index contributed by atoms with van der Waals surface area (Å²) in [5, 5.41) is 3.59. The molecular formula is C9H8N2O. The molecule has 0 fully saturated rings. The fourth-order valence-corrected chi connectivity index (χ4v) is 0.928. The molecule has 0 aliphatic heterocycles. The number of hydrogen-bond acceptors (Lipinski definition) is 2. The Morgan fingerprint density at radius 1 is 1.33 bits per heavy atom. The second kappa shape index (κ2) is 3.09. The minimum absolute atomic E-state index is 0.969. The standard InChI is InChI=1S/C9H8N2O/c1(8-3-4-10-5-8)2-9-6-11-12-7-9/h1-7,10H. The van der Waals surface area contributed by atoms with Crippen molar-refractivity contribution >= 4 is 12.2 Å². The van der Waals surface area contributed by atoms with Crippen molar-refractivity contribution < 1.29 is 4.52 Å². The van der Waals surface area contributed by atoms with Gasteiger partial charge >= 0.3 is 0 Å². The molecule has 1 N–H and O–H groups in total. The SMILES string of the molecule is C(=Cc1cnoc1)c1cc[nH]c1. The van der Waals surface area contributed by atoms with E-state index in [9.17, 15) is 0 Å². The van der Waals surface area contributed by atoms with Gasteiger partial charge in [-0.3, -0.25) is 0 Å². The lowest BCUT2D eigenvalue weighted by atomic mass is 10.2. The normalized spacial score (nSPS) is 11.0. The monoisotopic (exact) mass is 160 g/mol. The van der Waals surface area contributed by atoms with E-state index in [2.05, 4.69) is 14.7 Å². The molecule has 0 saturated carbocycles. The fraction of sp³-hybridized carbons (Fsp3) is 0. The van der Waals surface area contributed by atoms with E-state index in [4.69, 9.17) is 0 Å². The third kappa shape index (κ3) is 1.45. The molecule has 3 nitrogen and oxygen atoms in total. The Morgan fingerprint density at radius 3 is 2.92 bits per heavy atom. The summed E-state index contributed by atoms with van der Waals surface area (Å²) in [6.07, 6.45) is 11.0. The zero-order valence-corrected chi connectivity index (χ0v) is 6.40. The van der Waals surface area contributed by atoms with Gasteiger partial charge in [0, 0.05) is 18.0 Å². The molecule has 0 aliphatic carbocycles. The van der Waals surface area contributed by atoms with Crippen LogP contribution in [-0.2, 0) is 0 Å². The Morgan fingerprint density at radius 2 is 2.25 bits per heavy atom. The van der Waals surface area contributed by atoms with Crippen LogP contribution in [0.3, 0.4) is 0 Å². The van der Waals surface area contributed by atoms with E-state index < -0.39 is 0 Å². The zero-order chi connectivity index (χ0) is 8.23. The third-order valence-corrected chi connectivity index (χ3v) is 1.54. The molecule has 60 valence electrons. The fourth-order valence-electron chi connectivity index (χ4n) is 0.928. The maximum Gasteiger partial charge on any atom is 0.131 e. The molecule has 0 amide bonds. The van der Waals surface area contributed by atoms with Gasteiger partial charge in [0.05, 0.1) is 6.20 Å². The summed E-state index contributed by atoms with van der Waals surface area (Å²) in [5.74, 6) is 0. The van der Waals surface area contributed by atoms with Crippen LogP contribution in [0.2, 0.25) is 0 Å². The molecule has 0 bridgehead atoms. The van der Waals surface area contributed by atoms with Crippen molar-refractivity contribution in [2.75, 3.05) is 0 Å². The lowest BCUT2D eigenvalue weighted by molar-refractivity contribution is 0.419. The molecule has 2 rings (SSSR count). The highest BCUT2D eigenvalue weighted by molar-refractivity contribution is 5.68. The number of hydrogen-bond donors (Lipinski definition) is 1. The molecule has 0 aromatic carbocycles. The lowest BCUT2D eigenvalue weighted by Gasteiger charge is -1.80. The second-order valence-electron chi connectivity index (χ2n) is 2.44. The average Bonchev–Trinajstić information content (AvgIpc) is 2.74. The first kappa shape index (κ1) is 6.91. The van der Waals surface area contributed by atoms with E-state index in [0.717, 1.165) is 11.1 Å². The summed E-state index contributed by atoms with van der Waals surface area (Å²) in [4.78, 5) is 2.97. The molecule has 0 radical (unpaired) electrons. The van der Waals surface area contributed by atoms with Crippen LogP contribution in [0.5, 0.6) is 0 Å². The van der Waals surface area contributed by atoms with Crippen LogP contribution in [0.4, 0.5) is 0 Å². The average molecular weight is 160 g/mol. The molecule has 3 heteroatoms. The first-order chi connectivity index (χ1) is 5.95. The number of rotatable bonds is 2. The van der Waals surface area contributed by atoms with Crippen LogP contribution in [-0.4, -0.2) is 10.1 Å². The number of nitrogens with one attached hydrogen (secondary N) is 1. The zero-order valence-electron chi connectivity index (χ0n) is 6.40. The minimum atomic E-state index is 0.969. The molecule has 0 saturated heterocycles. The van der Waals surface area contributed by atoms with Gasteiger partial charge in [0.1, 0.15) is 6.26 Å². The number of H-pyrrole nitrogens is 1. The van der Waals surface area contributed by atoms with Crippen LogP contribution in [0.1, 0.15) is 11.1 Å². The predicted octanol–water partition coefficient (Wildman–Crippen LogP) is 2.17. The first-order valence-electron chi connectivity index (χ1n) is 3.65. The Hall–Kier alpha value is -1.77. The van der Waals surface area contributed by atoms with E-state index in [0.29, 0.717) is 0 Å². The number of aromatic nitrogens is 2. The Labute approximate surface area is 69.7 Å². The van der Waals surface area contributed by atoms with Crippen LogP contribution < -0.4 is 0 Å². The topological polar surface area (TPSA) is 41.8 Å². The number of aromatic amines is 1. The summed E-state index contributed by atoms with van der Waals surface area (Å²) in [6, 6.07) is 1.99. The van der Waals surface area contributed by atoms with Crippen LogP contribution in [0.25, 0.3) is 12.2 Å². The summed E-state index contributed by atoms with van der Waals surface area (Å²) >= 11 is 0. The van der Waals surface area contributed by atoms with Gasteiger partial charge in [0.2, 0.25) is 0 Å². The smallest absolute Gasteiger partial charge is 0.131 e. The molecule has 0 atom stereocenters. The molecule has 2 heterocycles. The van der Waals surface area contributed by atoms with Crippen molar-refractivity contribution in [3.63, 3.8) is 0 Å². The Bertz CT molecular complexity index is 310. The molecule has 0 spiro atoms. The van der Waals surface area contributed by atoms with Gasteiger partial charge in [-0.2, -0.15) is 0 Å². The van der Waals surface area contributed by atoms with Crippen molar-refractivity contribution in [1.82, 2.24) is 10.1 Å². The quantitative estimate of drug-likeness (QED) is 0.731. The molecule has 0 unspecified atom stereocenters. The van der Waals surface area contributed by atoms with Crippen molar-refractivity contribution in [2.24, 2.45) is 0 Å². The highest BCUT2D eigenvalue weighted by Crippen LogP contribution is 2.05. The maximum atomic E-state index is 4.68. The van der Waals surface area contributed by atoms with Gasteiger partial charge in [0.15, 0.2) is 0 Å². The van der Waals surface area contributed by atoms with Crippen molar-refractivity contribution in [3.05, 3.63) is 42.0 Å². The Balaban J connectivity index is 2.14. The minimum Gasteiger partial charge on any atom is -0.367 e. The van der Waals surface area contributed by atoms with E-state index in [-0.39, 0.29) is 0 Å². The van der Waals surface area contributed by atoms with Gasteiger partial charge in [-0.25, -0.2) is 0 Å². The summed E-state index contributed by atoms with van der Waals surface area (Å²) < 4.78 is 4.68. The lowest BCUT2D eigenvalue weighted by Crippen LogP contribution is -1.62. The highest BCUT2D eigenvalue weighted by atomic mass is 16.5.